The molecule has 3 aromatic rings. The summed E-state index contributed by atoms with van der Waals surface area (Å²) in [4.78, 5) is 11.9. The van der Waals surface area contributed by atoms with Crippen molar-refractivity contribution in [2.75, 3.05) is 6.54 Å². The monoisotopic (exact) mass is 302 g/mol. The van der Waals surface area contributed by atoms with Gasteiger partial charge in [-0.15, -0.1) is 0 Å². The van der Waals surface area contributed by atoms with Crippen LogP contribution in [0.25, 0.3) is 11.3 Å². The third-order valence-electron chi connectivity index (χ3n) is 3.08. The maximum absolute atomic E-state index is 11.9. The predicted octanol–water partition coefficient (Wildman–Crippen LogP) is 2.34. The Morgan fingerprint density at radius 2 is 2.38 bits per heavy atom. The molecule has 21 heavy (non-hydrogen) atoms. The molecule has 0 fully saturated rings. The molecule has 0 spiro atoms. The maximum atomic E-state index is 11.9. The highest BCUT2D eigenvalue weighted by Crippen LogP contribution is 2.19. The molecule has 3 heterocycles. The van der Waals surface area contributed by atoms with Gasteiger partial charge in [0.1, 0.15) is 11.3 Å². The fourth-order valence-corrected chi connectivity index (χ4v) is 2.60. The standard InChI is InChI=1S/C14H14N4O2S/c1-10-12(8-16-20-10)14(19)15-4-6-18-5-2-13(17-18)11-3-7-21-9-11/h2-3,5,7-9H,4,6H2,1H3,(H,15,19). The molecular weight excluding hydrogens is 288 g/mol. The zero-order valence-electron chi connectivity index (χ0n) is 11.4. The summed E-state index contributed by atoms with van der Waals surface area (Å²) in [6.45, 7) is 2.82. The lowest BCUT2D eigenvalue weighted by atomic mass is 10.2. The Morgan fingerprint density at radius 1 is 1.48 bits per heavy atom. The van der Waals surface area contributed by atoms with Crippen LogP contribution in [-0.4, -0.2) is 27.4 Å². The van der Waals surface area contributed by atoms with E-state index in [0.29, 0.717) is 24.4 Å². The highest BCUT2D eigenvalue weighted by atomic mass is 32.1. The molecule has 0 saturated heterocycles. The van der Waals surface area contributed by atoms with Gasteiger partial charge in [-0.1, -0.05) is 5.16 Å². The Labute approximate surface area is 125 Å². The van der Waals surface area contributed by atoms with Gasteiger partial charge in [0.25, 0.3) is 5.91 Å². The number of hydrogen-bond acceptors (Lipinski definition) is 5. The molecule has 7 heteroatoms. The summed E-state index contributed by atoms with van der Waals surface area (Å²) in [5, 5.41) is 15.0. The molecule has 6 nitrogen and oxygen atoms in total. The van der Waals surface area contributed by atoms with Crippen molar-refractivity contribution < 1.29 is 9.32 Å². The number of aromatic nitrogens is 3. The van der Waals surface area contributed by atoms with Crippen LogP contribution in [0.15, 0.2) is 39.8 Å². The van der Waals surface area contributed by atoms with E-state index in [1.807, 2.05) is 28.4 Å². The van der Waals surface area contributed by atoms with Crippen molar-refractivity contribution in [1.29, 1.82) is 0 Å². The van der Waals surface area contributed by atoms with E-state index in [1.54, 1.807) is 18.3 Å². The zero-order chi connectivity index (χ0) is 14.7. The van der Waals surface area contributed by atoms with E-state index in [2.05, 4.69) is 21.0 Å². The molecular formula is C14H14N4O2S. The van der Waals surface area contributed by atoms with Crippen molar-refractivity contribution in [1.82, 2.24) is 20.3 Å². The molecule has 0 aromatic carbocycles. The van der Waals surface area contributed by atoms with Crippen molar-refractivity contribution in [3.8, 4) is 11.3 Å². The lowest BCUT2D eigenvalue weighted by Gasteiger charge is -2.04. The summed E-state index contributed by atoms with van der Waals surface area (Å²) in [6.07, 6.45) is 3.33. The second kappa shape index (κ2) is 5.92. The summed E-state index contributed by atoms with van der Waals surface area (Å²) in [6, 6.07) is 4.00. The van der Waals surface area contributed by atoms with Gasteiger partial charge in [-0.05, 0) is 24.4 Å². The Hall–Kier alpha value is -2.41. The molecule has 1 N–H and O–H groups in total. The van der Waals surface area contributed by atoms with Gasteiger partial charge >= 0.3 is 0 Å². The summed E-state index contributed by atoms with van der Waals surface area (Å²) in [7, 11) is 0. The fourth-order valence-electron chi connectivity index (χ4n) is 1.95. The van der Waals surface area contributed by atoms with Crippen LogP contribution in [0.3, 0.4) is 0 Å². The van der Waals surface area contributed by atoms with Gasteiger partial charge in [-0.2, -0.15) is 16.4 Å². The lowest BCUT2D eigenvalue weighted by molar-refractivity contribution is 0.0950. The average molecular weight is 302 g/mol. The molecule has 3 rings (SSSR count). The molecule has 3 aromatic heterocycles. The van der Waals surface area contributed by atoms with Crippen LogP contribution in [-0.2, 0) is 6.54 Å². The Morgan fingerprint density at radius 3 is 3.10 bits per heavy atom. The molecule has 0 radical (unpaired) electrons. The zero-order valence-corrected chi connectivity index (χ0v) is 12.3. The Bertz CT molecular complexity index is 730. The first kappa shape index (κ1) is 13.6. The van der Waals surface area contributed by atoms with E-state index in [-0.39, 0.29) is 5.91 Å². The van der Waals surface area contributed by atoms with Gasteiger partial charge in [0.15, 0.2) is 0 Å². The molecule has 0 aliphatic carbocycles. The van der Waals surface area contributed by atoms with Crippen LogP contribution >= 0.6 is 11.3 Å². The van der Waals surface area contributed by atoms with E-state index in [1.165, 1.54) is 6.20 Å². The third-order valence-corrected chi connectivity index (χ3v) is 3.76. The quantitative estimate of drug-likeness (QED) is 0.785. The van der Waals surface area contributed by atoms with Crippen LogP contribution in [0.2, 0.25) is 0 Å². The second-order valence-corrected chi connectivity index (χ2v) is 5.31. The van der Waals surface area contributed by atoms with Crippen LogP contribution in [0.5, 0.6) is 0 Å². The highest BCUT2D eigenvalue weighted by Gasteiger charge is 2.12. The number of carbonyl (C=O) groups excluding carboxylic acids is 1. The fraction of sp³-hybridized carbons (Fsp3) is 0.214. The van der Waals surface area contributed by atoms with Gasteiger partial charge in [0.2, 0.25) is 0 Å². The minimum Gasteiger partial charge on any atom is -0.361 e. The van der Waals surface area contributed by atoms with E-state index < -0.39 is 0 Å². The number of aryl methyl sites for hydroxylation is 1. The van der Waals surface area contributed by atoms with Gasteiger partial charge < -0.3 is 9.84 Å². The first-order valence-electron chi connectivity index (χ1n) is 6.49. The van der Waals surface area contributed by atoms with Crippen LogP contribution in [0.4, 0.5) is 0 Å². The minimum atomic E-state index is -0.182. The summed E-state index contributed by atoms with van der Waals surface area (Å²) in [5.41, 5.74) is 2.52. The summed E-state index contributed by atoms with van der Waals surface area (Å²) < 4.78 is 6.68. The van der Waals surface area contributed by atoms with E-state index in [0.717, 1.165) is 11.3 Å². The largest absolute Gasteiger partial charge is 0.361 e. The molecule has 108 valence electrons. The SMILES string of the molecule is Cc1oncc1C(=O)NCCn1ccc(-c2ccsc2)n1. The van der Waals surface area contributed by atoms with Gasteiger partial charge in [0.05, 0.1) is 18.4 Å². The molecule has 0 bridgehead atoms. The summed E-state index contributed by atoms with van der Waals surface area (Å²) in [5.74, 6) is 0.338. The second-order valence-electron chi connectivity index (χ2n) is 4.53. The predicted molar refractivity (Wildman–Crippen MR) is 79.1 cm³/mol. The van der Waals surface area contributed by atoms with Crippen molar-refractivity contribution >= 4 is 17.2 Å². The Balaban J connectivity index is 1.54. The van der Waals surface area contributed by atoms with Gasteiger partial charge in [0, 0.05) is 23.7 Å². The number of amides is 1. The molecule has 0 saturated carbocycles. The molecule has 0 unspecified atom stereocenters. The van der Waals surface area contributed by atoms with Crippen molar-refractivity contribution in [2.45, 2.75) is 13.5 Å². The van der Waals surface area contributed by atoms with E-state index in [4.69, 9.17) is 4.52 Å². The number of rotatable bonds is 5. The smallest absolute Gasteiger partial charge is 0.256 e. The molecule has 0 atom stereocenters. The van der Waals surface area contributed by atoms with Gasteiger partial charge in [-0.25, -0.2) is 0 Å². The lowest BCUT2D eigenvalue weighted by Crippen LogP contribution is -2.27. The highest BCUT2D eigenvalue weighted by molar-refractivity contribution is 7.08. The number of nitrogens with one attached hydrogen (secondary N) is 1. The van der Waals surface area contributed by atoms with E-state index >= 15 is 0 Å². The van der Waals surface area contributed by atoms with Crippen molar-refractivity contribution in [2.24, 2.45) is 0 Å². The molecule has 0 aliphatic heterocycles. The number of nitrogens with zero attached hydrogens (tertiary/aromatic N) is 3. The first-order valence-corrected chi connectivity index (χ1v) is 7.44. The number of carbonyl (C=O) groups is 1. The number of thiophene rings is 1. The topological polar surface area (TPSA) is 73.0 Å². The number of hydrogen-bond donors (Lipinski definition) is 1. The van der Waals surface area contributed by atoms with E-state index in [9.17, 15) is 4.79 Å². The third kappa shape index (κ3) is 3.03. The van der Waals surface area contributed by atoms with Crippen molar-refractivity contribution in [3.05, 3.63) is 46.6 Å². The first-order chi connectivity index (χ1) is 10.2. The van der Waals surface area contributed by atoms with Crippen LogP contribution in [0, 0.1) is 6.92 Å². The normalized spacial score (nSPS) is 10.7. The van der Waals surface area contributed by atoms with Crippen LogP contribution in [0.1, 0.15) is 16.1 Å². The maximum Gasteiger partial charge on any atom is 0.256 e. The molecule has 1 amide bonds. The minimum absolute atomic E-state index is 0.182. The van der Waals surface area contributed by atoms with Crippen molar-refractivity contribution in [3.63, 3.8) is 0 Å². The average Bonchev–Trinajstić information content (AvgIpc) is 3.19. The summed E-state index contributed by atoms with van der Waals surface area (Å²) >= 11 is 1.64. The van der Waals surface area contributed by atoms with Gasteiger partial charge in [-0.3, -0.25) is 9.48 Å². The van der Waals surface area contributed by atoms with Crippen LogP contribution < -0.4 is 5.32 Å². The Kier molecular flexibility index (Phi) is 3.83. The molecule has 0 aliphatic rings.